The molecule has 148 valence electrons. The molecule has 8 nitrogen and oxygen atoms in total. The van der Waals surface area contributed by atoms with Gasteiger partial charge in [0.15, 0.2) is 0 Å². The lowest BCUT2D eigenvalue weighted by Gasteiger charge is -2.06. The number of carbonyl (C=O) groups is 1. The number of nitrogens with zero attached hydrogens (tertiary/aromatic N) is 4. The highest BCUT2D eigenvalue weighted by molar-refractivity contribution is 7.99. The van der Waals surface area contributed by atoms with Crippen LogP contribution < -0.4 is 5.32 Å². The summed E-state index contributed by atoms with van der Waals surface area (Å²) in [6.45, 7) is 0. The third-order valence-electron chi connectivity index (χ3n) is 4.32. The van der Waals surface area contributed by atoms with Crippen LogP contribution in [0.4, 0.5) is 11.4 Å². The summed E-state index contributed by atoms with van der Waals surface area (Å²) in [4.78, 5) is 27.3. The van der Waals surface area contributed by atoms with E-state index in [0.29, 0.717) is 11.1 Å². The first-order valence-electron chi connectivity index (χ1n) is 8.90. The molecular weight excluding hydrogens is 414 g/mol. The largest absolute Gasteiger partial charge is 0.324 e. The number of nitrogens with one attached hydrogen (secondary N) is 1. The van der Waals surface area contributed by atoms with Crippen molar-refractivity contribution in [1.29, 1.82) is 0 Å². The van der Waals surface area contributed by atoms with Crippen molar-refractivity contribution in [2.45, 2.75) is 23.9 Å². The lowest BCUT2D eigenvalue weighted by Crippen LogP contribution is -2.14. The molecular formula is C19H16ClN5O3S. The molecule has 3 aromatic rings. The maximum absolute atomic E-state index is 12.3. The molecule has 0 radical (unpaired) electrons. The Morgan fingerprint density at radius 2 is 2.03 bits per heavy atom. The molecule has 0 saturated heterocycles. The van der Waals surface area contributed by atoms with Crippen LogP contribution in [0.5, 0.6) is 0 Å². The van der Waals surface area contributed by atoms with E-state index in [1.165, 1.54) is 30.0 Å². The molecule has 0 unspecified atom stereocenters. The molecule has 1 heterocycles. The second kappa shape index (κ2) is 8.22. The summed E-state index contributed by atoms with van der Waals surface area (Å²) >= 11 is 7.23. The Balaban J connectivity index is 1.45. The lowest BCUT2D eigenvalue weighted by atomic mass is 10.3. The Morgan fingerprint density at radius 1 is 1.28 bits per heavy atom. The molecule has 10 heteroatoms. The number of hydrogen-bond donors (Lipinski definition) is 1. The predicted molar refractivity (Wildman–Crippen MR) is 111 cm³/mol. The van der Waals surface area contributed by atoms with Crippen LogP contribution in [0.3, 0.4) is 0 Å². The minimum atomic E-state index is -0.541. The normalized spacial score (nSPS) is 13.3. The van der Waals surface area contributed by atoms with E-state index in [4.69, 9.17) is 11.6 Å². The van der Waals surface area contributed by atoms with Crippen LogP contribution in [-0.2, 0) is 4.79 Å². The number of halogens is 1. The van der Waals surface area contributed by atoms with Gasteiger partial charge in [-0.15, -0.1) is 5.10 Å². The van der Waals surface area contributed by atoms with Crippen molar-refractivity contribution < 1.29 is 9.72 Å². The van der Waals surface area contributed by atoms with Gasteiger partial charge in [0, 0.05) is 18.1 Å². The van der Waals surface area contributed by atoms with Gasteiger partial charge in [-0.25, -0.2) is 9.67 Å². The fourth-order valence-electron chi connectivity index (χ4n) is 2.77. The Morgan fingerprint density at radius 3 is 2.72 bits per heavy atom. The summed E-state index contributed by atoms with van der Waals surface area (Å²) in [5.41, 5.74) is 0.990. The number of aromatic nitrogens is 3. The number of hydrogen-bond acceptors (Lipinski definition) is 6. The van der Waals surface area contributed by atoms with E-state index in [2.05, 4.69) is 15.4 Å². The van der Waals surface area contributed by atoms with Crippen LogP contribution in [0, 0.1) is 10.1 Å². The molecule has 0 bridgehead atoms. The summed E-state index contributed by atoms with van der Waals surface area (Å²) in [5, 5.41) is 18.8. The molecule has 1 amide bonds. The molecule has 0 aliphatic heterocycles. The van der Waals surface area contributed by atoms with Gasteiger partial charge in [0.2, 0.25) is 11.1 Å². The van der Waals surface area contributed by atoms with Gasteiger partial charge in [-0.1, -0.05) is 41.6 Å². The van der Waals surface area contributed by atoms with Crippen molar-refractivity contribution in [2.75, 3.05) is 11.1 Å². The summed E-state index contributed by atoms with van der Waals surface area (Å²) in [6.07, 6.45) is 2.17. The second-order valence-corrected chi connectivity index (χ2v) is 7.88. The van der Waals surface area contributed by atoms with E-state index in [9.17, 15) is 14.9 Å². The van der Waals surface area contributed by atoms with E-state index >= 15 is 0 Å². The fraction of sp³-hybridized carbons (Fsp3) is 0.211. The molecule has 1 aromatic heterocycles. The van der Waals surface area contributed by atoms with Crippen LogP contribution in [0.25, 0.3) is 5.69 Å². The third kappa shape index (κ3) is 4.57. The topological polar surface area (TPSA) is 103 Å². The van der Waals surface area contributed by atoms with Crippen LogP contribution in [0.2, 0.25) is 5.02 Å². The predicted octanol–water partition coefficient (Wildman–Crippen LogP) is 4.44. The molecule has 4 rings (SSSR count). The Kier molecular flexibility index (Phi) is 5.50. The first kappa shape index (κ1) is 19.4. The van der Waals surface area contributed by atoms with E-state index < -0.39 is 4.92 Å². The number of benzene rings is 2. The van der Waals surface area contributed by atoms with Crippen LogP contribution in [0.1, 0.15) is 24.6 Å². The van der Waals surface area contributed by atoms with Crippen LogP contribution in [-0.4, -0.2) is 31.3 Å². The average Bonchev–Trinajstić information content (AvgIpc) is 3.48. The summed E-state index contributed by atoms with van der Waals surface area (Å²) in [6, 6.07) is 13.7. The Bertz CT molecular complexity index is 1070. The number of para-hydroxylation sites is 1. The van der Waals surface area contributed by atoms with E-state index in [-0.39, 0.29) is 28.1 Å². The van der Waals surface area contributed by atoms with Crippen LogP contribution >= 0.6 is 23.4 Å². The average molecular weight is 430 g/mol. The lowest BCUT2D eigenvalue weighted by molar-refractivity contribution is -0.384. The number of thioether (sulfide) groups is 1. The van der Waals surface area contributed by atoms with Crippen molar-refractivity contribution in [3.05, 3.63) is 69.5 Å². The van der Waals surface area contributed by atoms with Gasteiger partial charge >= 0.3 is 0 Å². The van der Waals surface area contributed by atoms with Crippen LogP contribution in [0.15, 0.2) is 53.7 Å². The molecule has 1 fully saturated rings. The Labute approximate surface area is 175 Å². The van der Waals surface area contributed by atoms with Gasteiger partial charge in [-0.2, -0.15) is 0 Å². The highest BCUT2D eigenvalue weighted by Crippen LogP contribution is 2.40. The van der Waals surface area contributed by atoms with Crippen molar-refractivity contribution in [3.8, 4) is 5.69 Å². The maximum Gasteiger partial charge on any atom is 0.271 e. The summed E-state index contributed by atoms with van der Waals surface area (Å²) < 4.78 is 1.83. The number of anilines is 1. The zero-order valence-corrected chi connectivity index (χ0v) is 16.7. The molecule has 0 spiro atoms. The van der Waals surface area contributed by atoms with Crippen molar-refractivity contribution in [1.82, 2.24) is 14.8 Å². The minimum absolute atomic E-state index is 0.0575. The summed E-state index contributed by atoms with van der Waals surface area (Å²) in [7, 11) is 0. The van der Waals surface area contributed by atoms with Gasteiger partial charge in [-0.3, -0.25) is 14.9 Å². The molecule has 1 N–H and O–H groups in total. The molecule has 0 atom stereocenters. The highest BCUT2D eigenvalue weighted by Gasteiger charge is 2.30. The maximum atomic E-state index is 12.3. The van der Waals surface area contributed by atoms with E-state index in [1.807, 2.05) is 35.0 Å². The van der Waals surface area contributed by atoms with Crippen molar-refractivity contribution >= 4 is 40.6 Å². The first-order chi connectivity index (χ1) is 14.0. The minimum Gasteiger partial charge on any atom is -0.324 e. The van der Waals surface area contributed by atoms with Crippen molar-refractivity contribution in [3.63, 3.8) is 0 Å². The number of rotatable bonds is 7. The van der Waals surface area contributed by atoms with Gasteiger partial charge in [-0.05, 0) is 31.0 Å². The fourth-order valence-corrected chi connectivity index (χ4v) is 3.56. The second-order valence-electron chi connectivity index (χ2n) is 6.53. The molecule has 1 aliphatic carbocycles. The monoisotopic (exact) mass is 429 g/mol. The Hall–Kier alpha value is -2.91. The zero-order chi connectivity index (χ0) is 20.4. The van der Waals surface area contributed by atoms with Gasteiger partial charge in [0.05, 0.1) is 27.1 Å². The number of nitro benzene ring substituents is 1. The molecule has 29 heavy (non-hydrogen) atoms. The quantitative estimate of drug-likeness (QED) is 0.338. The number of carbonyl (C=O) groups excluding carboxylic acids is 1. The van der Waals surface area contributed by atoms with Gasteiger partial charge in [0.25, 0.3) is 5.69 Å². The smallest absolute Gasteiger partial charge is 0.271 e. The van der Waals surface area contributed by atoms with Crippen molar-refractivity contribution in [2.24, 2.45) is 0 Å². The number of amides is 1. The summed E-state index contributed by atoms with van der Waals surface area (Å²) in [5.74, 6) is 1.01. The first-order valence-corrected chi connectivity index (χ1v) is 10.3. The van der Waals surface area contributed by atoms with E-state index in [1.54, 1.807) is 0 Å². The standard InChI is InChI=1S/C19H16ClN5O3S/c20-15-9-8-14(25(27)28)10-16(15)21-17(26)11-29-19-22-18(12-6-7-12)24(23-19)13-4-2-1-3-5-13/h1-5,8-10,12H,6-7,11H2,(H,21,26). The van der Waals surface area contributed by atoms with Gasteiger partial charge < -0.3 is 5.32 Å². The van der Waals surface area contributed by atoms with E-state index in [0.717, 1.165) is 24.4 Å². The SMILES string of the molecule is O=C(CSc1nc(C2CC2)n(-c2ccccc2)n1)Nc1cc([N+](=O)[O-])ccc1Cl. The zero-order valence-electron chi connectivity index (χ0n) is 15.1. The highest BCUT2D eigenvalue weighted by atomic mass is 35.5. The number of nitro groups is 1. The van der Waals surface area contributed by atoms with Gasteiger partial charge in [0.1, 0.15) is 5.82 Å². The number of non-ortho nitro benzene ring substituents is 1. The molecule has 1 saturated carbocycles. The third-order valence-corrected chi connectivity index (χ3v) is 5.49. The molecule has 2 aromatic carbocycles. The molecule has 1 aliphatic rings.